The highest BCUT2D eigenvalue weighted by molar-refractivity contribution is 6.30. The molecule has 0 atom stereocenters. The van der Waals surface area contributed by atoms with Crippen molar-refractivity contribution in [3.8, 4) is 17.6 Å². The van der Waals surface area contributed by atoms with Crippen molar-refractivity contribution >= 4 is 11.6 Å². The molecular formula is C16H13ClFNO. The Balaban J connectivity index is 2.14. The fourth-order valence-corrected chi connectivity index (χ4v) is 1.74. The zero-order valence-electron chi connectivity index (χ0n) is 10.7. The van der Waals surface area contributed by atoms with Crippen molar-refractivity contribution in [2.24, 2.45) is 5.73 Å². The molecule has 2 aromatic rings. The van der Waals surface area contributed by atoms with Crippen molar-refractivity contribution in [2.45, 2.75) is 6.61 Å². The van der Waals surface area contributed by atoms with Gasteiger partial charge < -0.3 is 10.5 Å². The summed E-state index contributed by atoms with van der Waals surface area (Å²) >= 11 is 5.82. The first-order valence-electron chi connectivity index (χ1n) is 6.05. The zero-order valence-corrected chi connectivity index (χ0v) is 11.5. The van der Waals surface area contributed by atoms with Gasteiger partial charge in [-0.25, -0.2) is 4.39 Å². The van der Waals surface area contributed by atoms with Crippen molar-refractivity contribution in [1.29, 1.82) is 0 Å². The zero-order chi connectivity index (χ0) is 14.4. The van der Waals surface area contributed by atoms with Crippen LogP contribution in [0, 0.1) is 17.7 Å². The van der Waals surface area contributed by atoms with Crippen LogP contribution in [-0.2, 0) is 6.61 Å². The van der Waals surface area contributed by atoms with E-state index in [2.05, 4.69) is 11.8 Å². The molecule has 0 aromatic heterocycles. The van der Waals surface area contributed by atoms with E-state index in [0.29, 0.717) is 22.9 Å². The van der Waals surface area contributed by atoms with Crippen LogP contribution in [0.4, 0.5) is 4.39 Å². The number of halogens is 2. The lowest BCUT2D eigenvalue weighted by Crippen LogP contribution is -1.98. The molecule has 0 unspecified atom stereocenters. The third-order valence-corrected chi connectivity index (χ3v) is 2.83. The van der Waals surface area contributed by atoms with Crippen LogP contribution in [0.1, 0.15) is 11.1 Å². The minimum Gasteiger partial charge on any atom is -0.488 e. The average molecular weight is 290 g/mol. The van der Waals surface area contributed by atoms with Gasteiger partial charge in [0.1, 0.15) is 18.2 Å². The number of hydrogen-bond acceptors (Lipinski definition) is 2. The Kier molecular flexibility index (Phi) is 5.00. The maximum atomic E-state index is 13.2. The Labute approximate surface area is 122 Å². The summed E-state index contributed by atoms with van der Waals surface area (Å²) < 4.78 is 18.9. The van der Waals surface area contributed by atoms with Gasteiger partial charge in [-0.05, 0) is 35.9 Å². The van der Waals surface area contributed by atoms with Gasteiger partial charge in [-0.15, -0.1) is 0 Å². The number of rotatable bonds is 3. The molecule has 0 aliphatic rings. The predicted molar refractivity (Wildman–Crippen MR) is 78.1 cm³/mol. The van der Waals surface area contributed by atoms with E-state index in [1.807, 2.05) is 12.1 Å². The average Bonchev–Trinajstić information content (AvgIpc) is 2.46. The lowest BCUT2D eigenvalue weighted by molar-refractivity contribution is 0.305. The molecule has 2 aromatic carbocycles. The van der Waals surface area contributed by atoms with Gasteiger partial charge in [-0.3, -0.25) is 0 Å². The van der Waals surface area contributed by atoms with Gasteiger partial charge >= 0.3 is 0 Å². The summed E-state index contributed by atoms with van der Waals surface area (Å²) in [7, 11) is 0. The van der Waals surface area contributed by atoms with E-state index in [4.69, 9.17) is 22.1 Å². The molecule has 0 fully saturated rings. The van der Waals surface area contributed by atoms with Crippen LogP contribution in [-0.4, -0.2) is 6.54 Å². The summed E-state index contributed by atoms with van der Waals surface area (Å²) in [5, 5.41) is 0.671. The second-order valence-corrected chi connectivity index (χ2v) is 4.50. The van der Waals surface area contributed by atoms with Crippen molar-refractivity contribution in [2.75, 3.05) is 6.54 Å². The van der Waals surface area contributed by atoms with E-state index in [0.717, 1.165) is 5.56 Å². The SMILES string of the molecule is NCC#Cc1cc(F)ccc1OCc1ccc(Cl)cc1. The number of benzene rings is 2. The van der Waals surface area contributed by atoms with Crippen molar-refractivity contribution in [3.05, 3.63) is 64.4 Å². The van der Waals surface area contributed by atoms with Gasteiger partial charge in [0, 0.05) is 5.02 Å². The molecule has 0 bridgehead atoms. The molecule has 0 aliphatic carbocycles. The van der Waals surface area contributed by atoms with Crippen molar-refractivity contribution in [3.63, 3.8) is 0 Å². The maximum absolute atomic E-state index is 13.2. The van der Waals surface area contributed by atoms with Crippen molar-refractivity contribution < 1.29 is 9.13 Å². The van der Waals surface area contributed by atoms with E-state index in [-0.39, 0.29) is 12.4 Å². The largest absolute Gasteiger partial charge is 0.488 e. The molecule has 0 amide bonds. The van der Waals surface area contributed by atoms with Gasteiger partial charge in [0.05, 0.1) is 12.1 Å². The molecule has 2 N–H and O–H groups in total. The van der Waals surface area contributed by atoms with Crippen LogP contribution < -0.4 is 10.5 Å². The lowest BCUT2D eigenvalue weighted by Gasteiger charge is -2.08. The molecule has 20 heavy (non-hydrogen) atoms. The summed E-state index contributed by atoms with van der Waals surface area (Å²) in [6, 6.07) is 11.6. The Morgan fingerprint density at radius 2 is 1.90 bits per heavy atom. The molecule has 4 heteroatoms. The van der Waals surface area contributed by atoms with E-state index >= 15 is 0 Å². The molecule has 0 spiro atoms. The summed E-state index contributed by atoms with van der Waals surface area (Å²) in [4.78, 5) is 0. The Morgan fingerprint density at radius 3 is 2.60 bits per heavy atom. The van der Waals surface area contributed by atoms with Crippen molar-refractivity contribution in [1.82, 2.24) is 0 Å². The highest BCUT2D eigenvalue weighted by Gasteiger charge is 2.04. The molecular weight excluding hydrogens is 277 g/mol. The van der Waals surface area contributed by atoms with Crippen LogP contribution >= 0.6 is 11.6 Å². The summed E-state index contributed by atoms with van der Waals surface area (Å²) in [5.41, 5.74) is 6.78. The first-order valence-corrected chi connectivity index (χ1v) is 6.42. The second-order valence-electron chi connectivity index (χ2n) is 4.06. The van der Waals surface area contributed by atoms with Crippen LogP contribution in [0.3, 0.4) is 0 Å². The van der Waals surface area contributed by atoms with Gasteiger partial charge in [0.25, 0.3) is 0 Å². The minimum atomic E-state index is -0.356. The van der Waals surface area contributed by atoms with E-state index in [1.54, 1.807) is 18.2 Å². The Hall–Kier alpha value is -2.02. The highest BCUT2D eigenvalue weighted by Crippen LogP contribution is 2.20. The standard InChI is InChI=1S/C16H13ClFNO/c17-14-5-3-12(4-6-14)11-20-16-8-7-15(18)10-13(16)2-1-9-19/h3-8,10H,9,11,19H2. The molecule has 0 radical (unpaired) electrons. The van der Waals surface area contributed by atoms with Gasteiger partial charge in [-0.1, -0.05) is 35.6 Å². The summed E-state index contributed by atoms with van der Waals surface area (Å²) in [5.74, 6) is 5.66. The lowest BCUT2D eigenvalue weighted by atomic mass is 10.2. The topological polar surface area (TPSA) is 35.2 Å². The first kappa shape index (κ1) is 14.4. The highest BCUT2D eigenvalue weighted by atomic mass is 35.5. The molecule has 0 aliphatic heterocycles. The summed E-state index contributed by atoms with van der Waals surface area (Å²) in [6.45, 7) is 0.577. The second kappa shape index (κ2) is 6.95. The van der Waals surface area contributed by atoms with Crippen LogP contribution in [0.2, 0.25) is 5.02 Å². The van der Waals surface area contributed by atoms with E-state index in [1.165, 1.54) is 12.1 Å². The maximum Gasteiger partial charge on any atom is 0.135 e. The van der Waals surface area contributed by atoms with Gasteiger partial charge in [-0.2, -0.15) is 0 Å². The number of ether oxygens (including phenoxy) is 1. The quantitative estimate of drug-likeness (QED) is 0.879. The molecule has 102 valence electrons. The first-order chi connectivity index (χ1) is 9.69. The van der Waals surface area contributed by atoms with E-state index in [9.17, 15) is 4.39 Å². The van der Waals surface area contributed by atoms with Crippen LogP contribution in [0.25, 0.3) is 0 Å². The Morgan fingerprint density at radius 1 is 1.15 bits per heavy atom. The van der Waals surface area contributed by atoms with Gasteiger partial charge in [0.15, 0.2) is 0 Å². The molecule has 2 nitrogen and oxygen atoms in total. The fraction of sp³-hybridized carbons (Fsp3) is 0.125. The number of hydrogen-bond donors (Lipinski definition) is 1. The summed E-state index contributed by atoms with van der Waals surface area (Å²) in [6.07, 6.45) is 0. The molecule has 2 rings (SSSR count). The predicted octanol–water partition coefficient (Wildman–Crippen LogP) is 3.37. The number of nitrogens with two attached hydrogens (primary N) is 1. The Bertz CT molecular complexity index is 644. The van der Waals surface area contributed by atoms with Crippen LogP contribution in [0.15, 0.2) is 42.5 Å². The fourth-order valence-electron chi connectivity index (χ4n) is 1.61. The minimum absolute atomic E-state index is 0.215. The normalized spacial score (nSPS) is 9.75. The molecule has 0 heterocycles. The van der Waals surface area contributed by atoms with Crippen LogP contribution in [0.5, 0.6) is 5.75 Å². The third-order valence-electron chi connectivity index (χ3n) is 2.57. The van der Waals surface area contributed by atoms with E-state index < -0.39 is 0 Å². The molecule has 0 saturated heterocycles. The van der Waals surface area contributed by atoms with Gasteiger partial charge in [0.2, 0.25) is 0 Å². The molecule has 0 saturated carbocycles. The third kappa shape index (κ3) is 3.99. The monoisotopic (exact) mass is 289 g/mol. The smallest absolute Gasteiger partial charge is 0.135 e.